The van der Waals surface area contributed by atoms with Crippen LogP contribution in [0.25, 0.3) is 0 Å². The molecule has 0 amide bonds. The van der Waals surface area contributed by atoms with Crippen molar-refractivity contribution in [3.8, 4) is 0 Å². The first-order valence-corrected chi connectivity index (χ1v) is 5.70. The van der Waals surface area contributed by atoms with Gasteiger partial charge in [-0.15, -0.1) is 0 Å². The number of aliphatic hydroxyl groups excluding tert-OH is 1. The maximum atomic E-state index is 11.6. The Bertz CT molecular complexity index is 244. The van der Waals surface area contributed by atoms with Crippen molar-refractivity contribution in [1.29, 1.82) is 0 Å². The second-order valence-electron chi connectivity index (χ2n) is 3.48. The minimum atomic E-state index is -0.707. The fourth-order valence-corrected chi connectivity index (χ4v) is 1.35. The zero-order chi connectivity index (χ0) is 13.3. The first kappa shape index (κ1) is 15.9. The Balaban J connectivity index is 4.49. The lowest BCUT2D eigenvalue weighted by molar-refractivity contribution is -0.155. The van der Waals surface area contributed by atoms with E-state index >= 15 is 0 Å². The van der Waals surface area contributed by atoms with Crippen molar-refractivity contribution in [3.63, 3.8) is 0 Å². The molecule has 1 unspecified atom stereocenters. The Morgan fingerprint density at radius 3 is 2.29 bits per heavy atom. The van der Waals surface area contributed by atoms with E-state index in [2.05, 4.69) is 0 Å². The van der Waals surface area contributed by atoms with Gasteiger partial charge in [-0.05, 0) is 20.9 Å². The highest BCUT2D eigenvalue weighted by Crippen LogP contribution is 2.06. The van der Waals surface area contributed by atoms with Gasteiger partial charge >= 0.3 is 11.9 Å². The Morgan fingerprint density at radius 1 is 1.24 bits per heavy atom. The lowest BCUT2D eigenvalue weighted by atomic mass is 10.2. The van der Waals surface area contributed by atoms with E-state index in [1.807, 2.05) is 0 Å². The Labute approximate surface area is 101 Å². The van der Waals surface area contributed by atoms with Crippen molar-refractivity contribution >= 4 is 11.9 Å². The molecule has 0 aromatic heterocycles. The van der Waals surface area contributed by atoms with Gasteiger partial charge in [0.25, 0.3) is 0 Å². The van der Waals surface area contributed by atoms with Gasteiger partial charge < -0.3 is 14.6 Å². The molecule has 0 aromatic carbocycles. The molecule has 1 atom stereocenters. The second-order valence-corrected chi connectivity index (χ2v) is 3.48. The lowest BCUT2D eigenvalue weighted by Crippen LogP contribution is -2.42. The summed E-state index contributed by atoms with van der Waals surface area (Å²) < 4.78 is 9.67. The molecule has 0 heterocycles. The van der Waals surface area contributed by atoms with Crippen LogP contribution in [0.4, 0.5) is 0 Å². The van der Waals surface area contributed by atoms with Crippen LogP contribution in [0.3, 0.4) is 0 Å². The number of carbonyl (C=O) groups excluding carboxylic acids is 2. The Kier molecular flexibility index (Phi) is 8.35. The number of carbonyl (C=O) groups is 2. The second kappa shape index (κ2) is 8.95. The number of hydrogen-bond donors (Lipinski definition) is 1. The highest BCUT2D eigenvalue weighted by molar-refractivity contribution is 5.82. The van der Waals surface area contributed by atoms with E-state index in [1.54, 1.807) is 25.8 Å². The fraction of sp³-hybridized carbons (Fsp3) is 0.818. The molecule has 100 valence electrons. The maximum absolute atomic E-state index is 11.6. The summed E-state index contributed by atoms with van der Waals surface area (Å²) in [6.45, 7) is 4.14. The fourth-order valence-electron chi connectivity index (χ4n) is 1.35. The van der Waals surface area contributed by atoms with Crippen molar-refractivity contribution in [2.45, 2.75) is 26.3 Å². The molecule has 6 nitrogen and oxygen atoms in total. The third-order valence-corrected chi connectivity index (χ3v) is 2.21. The number of rotatable bonds is 8. The zero-order valence-electron chi connectivity index (χ0n) is 10.6. The summed E-state index contributed by atoms with van der Waals surface area (Å²) in [5.41, 5.74) is 0. The molecule has 0 saturated heterocycles. The molecule has 0 radical (unpaired) electrons. The van der Waals surface area contributed by atoms with Crippen LogP contribution in [0.15, 0.2) is 0 Å². The van der Waals surface area contributed by atoms with E-state index < -0.39 is 18.0 Å². The molecule has 1 N–H and O–H groups in total. The van der Waals surface area contributed by atoms with Crippen LogP contribution in [-0.2, 0) is 19.1 Å². The summed E-state index contributed by atoms with van der Waals surface area (Å²) in [6.07, 6.45) is -0.0663. The topological polar surface area (TPSA) is 76.1 Å². The monoisotopic (exact) mass is 247 g/mol. The molecule has 0 rings (SSSR count). The van der Waals surface area contributed by atoms with Gasteiger partial charge in [0.05, 0.1) is 26.2 Å². The summed E-state index contributed by atoms with van der Waals surface area (Å²) in [7, 11) is 1.65. The molecule has 0 aliphatic carbocycles. The van der Waals surface area contributed by atoms with Crippen LogP contribution < -0.4 is 0 Å². The first-order chi connectivity index (χ1) is 8.06. The largest absolute Gasteiger partial charge is 0.466 e. The van der Waals surface area contributed by atoms with Gasteiger partial charge in [0.1, 0.15) is 6.04 Å². The summed E-state index contributed by atoms with van der Waals surface area (Å²) in [6, 6.07) is -0.707. The number of ether oxygens (including phenoxy) is 2. The van der Waals surface area contributed by atoms with E-state index in [4.69, 9.17) is 14.6 Å². The number of esters is 2. The van der Waals surface area contributed by atoms with Gasteiger partial charge in [-0.25, -0.2) is 0 Å². The quantitative estimate of drug-likeness (QED) is 0.598. The number of aliphatic hydroxyl groups is 1. The molecule has 0 aromatic rings. The molecule has 0 saturated carbocycles. The van der Waals surface area contributed by atoms with E-state index in [0.717, 1.165) is 0 Å². The van der Waals surface area contributed by atoms with Crippen molar-refractivity contribution in [2.24, 2.45) is 0 Å². The minimum Gasteiger partial charge on any atom is -0.466 e. The van der Waals surface area contributed by atoms with Crippen LogP contribution in [0.5, 0.6) is 0 Å². The molecule has 0 fully saturated rings. The van der Waals surface area contributed by atoms with Crippen LogP contribution in [0.1, 0.15) is 20.3 Å². The molecule has 0 spiro atoms. The molecule has 0 bridgehead atoms. The molecule has 17 heavy (non-hydrogen) atoms. The number of likely N-dealkylation sites (N-methyl/N-ethyl adjacent to an activating group) is 1. The van der Waals surface area contributed by atoms with Crippen molar-refractivity contribution < 1.29 is 24.2 Å². The van der Waals surface area contributed by atoms with Crippen LogP contribution >= 0.6 is 0 Å². The number of hydrogen-bond acceptors (Lipinski definition) is 6. The van der Waals surface area contributed by atoms with Gasteiger partial charge in [-0.2, -0.15) is 0 Å². The minimum absolute atomic E-state index is 0.0663. The van der Waals surface area contributed by atoms with Gasteiger partial charge in [0.2, 0.25) is 0 Å². The Morgan fingerprint density at radius 2 is 1.82 bits per heavy atom. The normalized spacial score (nSPS) is 12.3. The summed E-state index contributed by atoms with van der Waals surface area (Å²) in [5.74, 6) is -0.924. The molecular formula is C11H21NO5. The summed E-state index contributed by atoms with van der Waals surface area (Å²) >= 11 is 0. The predicted octanol–water partition coefficient (Wildman–Crippen LogP) is -0.205. The summed E-state index contributed by atoms with van der Waals surface area (Å²) in [5, 5.41) is 8.82. The smallest absolute Gasteiger partial charge is 0.323 e. The van der Waals surface area contributed by atoms with Crippen LogP contribution in [-0.4, -0.2) is 61.4 Å². The average Bonchev–Trinajstić information content (AvgIpc) is 2.26. The van der Waals surface area contributed by atoms with Crippen LogP contribution in [0.2, 0.25) is 0 Å². The van der Waals surface area contributed by atoms with Crippen molar-refractivity contribution in [1.82, 2.24) is 4.90 Å². The molecule has 6 heteroatoms. The Hall–Kier alpha value is -1.14. The first-order valence-electron chi connectivity index (χ1n) is 5.70. The third kappa shape index (κ3) is 6.23. The van der Waals surface area contributed by atoms with Gasteiger partial charge in [0.15, 0.2) is 0 Å². The van der Waals surface area contributed by atoms with Crippen molar-refractivity contribution in [2.75, 3.05) is 33.4 Å². The maximum Gasteiger partial charge on any atom is 0.323 e. The molecule has 0 aliphatic heterocycles. The van der Waals surface area contributed by atoms with Gasteiger partial charge in [-0.1, -0.05) is 0 Å². The third-order valence-electron chi connectivity index (χ3n) is 2.21. The lowest BCUT2D eigenvalue weighted by Gasteiger charge is -2.24. The zero-order valence-corrected chi connectivity index (χ0v) is 10.6. The number of nitrogens with zero attached hydrogens (tertiary/aromatic N) is 1. The van der Waals surface area contributed by atoms with E-state index in [0.29, 0.717) is 6.54 Å². The van der Waals surface area contributed by atoms with Gasteiger partial charge in [-0.3, -0.25) is 14.5 Å². The standard InChI is InChI=1S/C11H21NO5/c1-4-16-10(14)8-9(11(15)17-5-2)12(3)6-7-13/h9,13H,4-8H2,1-3H3. The predicted molar refractivity (Wildman–Crippen MR) is 61.4 cm³/mol. The van der Waals surface area contributed by atoms with E-state index in [1.165, 1.54) is 0 Å². The molecule has 0 aliphatic rings. The SMILES string of the molecule is CCOC(=O)CC(C(=O)OCC)N(C)CCO. The molecular weight excluding hydrogens is 226 g/mol. The van der Waals surface area contributed by atoms with Gasteiger partial charge in [0, 0.05) is 6.54 Å². The van der Waals surface area contributed by atoms with E-state index in [-0.39, 0.29) is 26.2 Å². The van der Waals surface area contributed by atoms with Crippen molar-refractivity contribution in [3.05, 3.63) is 0 Å². The highest BCUT2D eigenvalue weighted by atomic mass is 16.5. The van der Waals surface area contributed by atoms with E-state index in [9.17, 15) is 9.59 Å². The average molecular weight is 247 g/mol. The summed E-state index contributed by atoms with van der Waals surface area (Å²) in [4.78, 5) is 24.6. The van der Waals surface area contributed by atoms with Crippen LogP contribution in [0, 0.1) is 0 Å². The highest BCUT2D eigenvalue weighted by Gasteiger charge is 2.27.